The number of carbonyl (C=O) groups is 2. The third-order valence-corrected chi connectivity index (χ3v) is 4.28. The summed E-state index contributed by atoms with van der Waals surface area (Å²) in [5.41, 5.74) is 0.185. The zero-order valence-corrected chi connectivity index (χ0v) is 12.5. The van der Waals surface area contributed by atoms with Crippen molar-refractivity contribution in [1.82, 2.24) is 10.2 Å². The van der Waals surface area contributed by atoms with Crippen LogP contribution < -0.4 is 5.32 Å². The summed E-state index contributed by atoms with van der Waals surface area (Å²) in [6.07, 6.45) is 1.20. The van der Waals surface area contributed by atoms with E-state index in [1.165, 1.54) is 0 Å². The summed E-state index contributed by atoms with van der Waals surface area (Å²) in [6.45, 7) is 4.36. The molecule has 0 atom stereocenters. The van der Waals surface area contributed by atoms with Gasteiger partial charge in [0.05, 0.1) is 6.54 Å². The number of nitrogens with one attached hydrogen (secondary N) is 1. The van der Waals surface area contributed by atoms with Gasteiger partial charge >= 0.3 is 0 Å². The van der Waals surface area contributed by atoms with E-state index >= 15 is 0 Å². The highest BCUT2D eigenvalue weighted by Gasteiger charge is 2.46. The van der Waals surface area contributed by atoms with Gasteiger partial charge in [0.15, 0.2) is 0 Å². The molecule has 0 bridgehead atoms. The SMILES string of the molecule is CCC1(CC)C(=O)NCC(=O)N1Cc1cccc(Cl)c1. The summed E-state index contributed by atoms with van der Waals surface area (Å²) in [5, 5.41) is 3.33. The van der Waals surface area contributed by atoms with Crippen LogP contribution in [-0.2, 0) is 16.1 Å². The maximum atomic E-state index is 12.3. The Morgan fingerprint density at radius 1 is 1.30 bits per heavy atom. The minimum Gasteiger partial charge on any atom is -0.345 e. The van der Waals surface area contributed by atoms with Gasteiger partial charge in [0.1, 0.15) is 5.54 Å². The predicted octanol–water partition coefficient (Wildman–Crippen LogP) is 2.36. The van der Waals surface area contributed by atoms with Gasteiger partial charge in [-0.25, -0.2) is 0 Å². The Bertz CT molecular complexity index is 526. The number of rotatable bonds is 4. The van der Waals surface area contributed by atoms with Crippen molar-refractivity contribution in [1.29, 1.82) is 0 Å². The summed E-state index contributed by atoms with van der Waals surface area (Å²) in [7, 11) is 0. The number of piperazine rings is 1. The van der Waals surface area contributed by atoms with Crippen molar-refractivity contribution in [2.75, 3.05) is 6.54 Å². The molecular weight excluding hydrogens is 276 g/mol. The van der Waals surface area contributed by atoms with Crippen LogP contribution in [-0.4, -0.2) is 28.8 Å². The Hall–Kier alpha value is -1.55. The van der Waals surface area contributed by atoms with E-state index in [0.29, 0.717) is 24.4 Å². The van der Waals surface area contributed by atoms with Crippen LogP contribution in [0.4, 0.5) is 0 Å². The molecule has 2 rings (SSSR count). The highest BCUT2D eigenvalue weighted by atomic mass is 35.5. The molecule has 1 heterocycles. The van der Waals surface area contributed by atoms with Crippen LogP contribution >= 0.6 is 11.6 Å². The van der Waals surface area contributed by atoms with Gasteiger partial charge in [0.2, 0.25) is 11.8 Å². The lowest BCUT2D eigenvalue weighted by atomic mass is 9.87. The number of hydrogen-bond donors (Lipinski definition) is 1. The van der Waals surface area contributed by atoms with Gasteiger partial charge in [-0.15, -0.1) is 0 Å². The van der Waals surface area contributed by atoms with E-state index in [0.717, 1.165) is 5.56 Å². The number of carbonyl (C=O) groups excluding carboxylic acids is 2. The topological polar surface area (TPSA) is 49.4 Å². The van der Waals surface area contributed by atoms with E-state index in [-0.39, 0.29) is 18.4 Å². The van der Waals surface area contributed by atoms with Gasteiger partial charge < -0.3 is 10.2 Å². The number of nitrogens with zero attached hydrogens (tertiary/aromatic N) is 1. The smallest absolute Gasteiger partial charge is 0.246 e. The molecule has 0 aromatic heterocycles. The second-order valence-electron chi connectivity index (χ2n) is 5.03. The molecule has 0 aliphatic carbocycles. The molecule has 1 aliphatic rings. The molecule has 0 radical (unpaired) electrons. The van der Waals surface area contributed by atoms with Gasteiger partial charge in [-0.1, -0.05) is 37.6 Å². The van der Waals surface area contributed by atoms with Crippen molar-refractivity contribution in [2.24, 2.45) is 0 Å². The van der Waals surface area contributed by atoms with Crippen molar-refractivity contribution in [3.05, 3.63) is 34.9 Å². The molecule has 20 heavy (non-hydrogen) atoms. The van der Waals surface area contributed by atoms with Crippen molar-refractivity contribution in [3.8, 4) is 0 Å². The average Bonchev–Trinajstić information content (AvgIpc) is 2.44. The lowest BCUT2D eigenvalue weighted by Gasteiger charge is -2.45. The zero-order valence-electron chi connectivity index (χ0n) is 11.8. The van der Waals surface area contributed by atoms with E-state index in [1.807, 2.05) is 32.0 Å². The molecule has 0 spiro atoms. The summed E-state index contributed by atoms with van der Waals surface area (Å²) >= 11 is 5.98. The number of halogens is 1. The van der Waals surface area contributed by atoms with Crippen LogP contribution in [0.1, 0.15) is 32.3 Å². The molecule has 1 aromatic carbocycles. The van der Waals surface area contributed by atoms with Crippen molar-refractivity contribution >= 4 is 23.4 Å². The first-order chi connectivity index (χ1) is 9.53. The third kappa shape index (κ3) is 2.52. The summed E-state index contributed by atoms with van der Waals surface area (Å²) in [4.78, 5) is 26.2. The Kier molecular flexibility index (Phi) is 4.33. The molecule has 1 fully saturated rings. The minimum absolute atomic E-state index is 0.0479. The lowest BCUT2D eigenvalue weighted by molar-refractivity contribution is -0.155. The Labute approximate surface area is 124 Å². The molecule has 108 valence electrons. The van der Waals surface area contributed by atoms with Gasteiger partial charge in [0, 0.05) is 11.6 Å². The first-order valence-corrected chi connectivity index (χ1v) is 7.24. The number of hydrogen-bond acceptors (Lipinski definition) is 2. The van der Waals surface area contributed by atoms with E-state index in [9.17, 15) is 9.59 Å². The number of benzene rings is 1. The van der Waals surface area contributed by atoms with E-state index in [1.54, 1.807) is 11.0 Å². The molecule has 0 unspecified atom stereocenters. The van der Waals surface area contributed by atoms with Gasteiger partial charge in [0.25, 0.3) is 0 Å². The molecule has 1 saturated heterocycles. The summed E-state index contributed by atoms with van der Waals surface area (Å²) in [5.74, 6) is -0.114. The fourth-order valence-electron chi connectivity index (χ4n) is 2.79. The van der Waals surface area contributed by atoms with Crippen molar-refractivity contribution < 1.29 is 9.59 Å². The summed E-state index contributed by atoms with van der Waals surface area (Å²) in [6, 6.07) is 7.40. The van der Waals surface area contributed by atoms with Crippen molar-refractivity contribution in [3.63, 3.8) is 0 Å². The second-order valence-corrected chi connectivity index (χ2v) is 5.47. The first-order valence-electron chi connectivity index (χ1n) is 6.86. The highest BCUT2D eigenvalue weighted by molar-refractivity contribution is 6.30. The van der Waals surface area contributed by atoms with E-state index in [2.05, 4.69) is 5.32 Å². The molecule has 2 amide bonds. The average molecular weight is 295 g/mol. The van der Waals surface area contributed by atoms with Crippen LogP contribution in [0, 0.1) is 0 Å². The maximum absolute atomic E-state index is 12.3. The van der Waals surface area contributed by atoms with Gasteiger partial charge in [-0.3, -0.25) is 9.59 Å². The van der Waals surface area contributed by atoms with Crippen LogP contribution in [0.5, 0.6) is 0 Å². The quantitative estimate of drug-likeness (QED) is 0.927. The molecule has 1 aromatic rings. The maximum Gasteiger partial charge on any atom is 0.246 e. The minimum atomic E-state index is -0.752. The Morgan fingerprint density at radius 3 is 2.60 bits per heavy atom. The van der Waals surface area contributed by atoms with Crippen LogP contribution in [0.2, 0.25) is 5.02 Å². The molecule has 4 nitrogen and oxygen atoms in total. The first kappa shape index (κ1) is 14.9. The van der Waals surface area contributed by atoms with Crippen molar-refractivity contribution in [2.45, 2.75) is 38.8 Å². The van der Waals surface area contributed by atoms with Gasteiger partial charge in [-0.2, -0.15) is 0 Å². The van der Waals surface area contributed by atoms with E-state index in [4.69, 9.17) is 11.6 Å². The standard InChI is InChI=1S/C15H19ClN2O2/c1-3-15(4-2)14(20)17-9-13(19)18(15)10-11-6-5-7-12(16)8-11/h5-8H,3-4,9-10H2,1-2H3,(H,17,20). The van der Waals surface area contributed by atoms with E-state index < -0.39 is 5.54 Å². The molecule has 0 saturated carbocycles. The molecule has 1 aliphatic heterocycles. The third-order valence-electron chi connectivity index (χ3n) is 4.04. The van der Waals surface area contributed by atoms with Gasteiger partial charge in [-0.05, 0) is 30.5 Å². The molecule has 5 heteroatoms. The van der Waals surface area contributed by atoms with Crippen LogP contribution in [0.3, 0.4) is 0 Å². The molecular formula is C15H19ClN2O2. The number of amides is 2. The zero-order chi connectivity index (χ0) is 14.8. The fourth-order valence-corrected chi connectivity index (χ4v) is 3.00. The fraction of sp³-hybridized carbons (Fsp3) is 0.467. The largest absolute Gasteiger partial charge is 0.345 e. The predicted molar refractivity (Wildman–Crippen MR) is 78.3 cm³/mol. The second kappa shape index (κ2) is 5.83. The van der Waals surface area contributed by atoms with Crippen LogP contribution in [0.15, 0.2) is 24.3 Å². The Morgan fingerprint density at radius 2 is 2.00 bits per heavy atom. The monoisotopic (exact) mass is 294 g/mol. The highest BCUT2D eigenvalue weighted by Crippen LogP contribution is 2.29. The molecule has 1 N–H and O–H groups in total. The Balaban J connectivity index is 2.34. The summed E-state index contributed by atoms with van der Waals surface area (Å²) < 4.78 is 0. The normalized spacial score (nSPS) is 18.1. The lowest BCUT2D eigenvalue weighted by Crippen LogP contribution is -2.66. The van der Waals surface area contributed by atoms with Crippen LogP contribution in [0.25, 0.3) is 0 Å².